The van der Waals surface area contributed by atoms with E-state index in [4.69, 9.17) is 0 Å². The van der Waals surface area contributed by atoms with Crippen LogP contribution in [-0.4, -0.2) is 19.7 Å². The zero-order valence-corrected chi connectivity index (χ0v) is 11.8. The molecule has 2 rings (SSSR count). The number of halogens is 1. The van der Waals surface area contributed by atoms with Crippen molar-refractivity contribution in [3.63, 3.8) is 0 Å². The molecule has 0 saturated heterocycles. The van der Waals surface area contributed by atoms with E-state index < -0.39 is 0 Å². The second-order valence-electron chi connectivity index (χ2n) is 4.17. The highest BCUT2D eigenvalue weighted by Gasteiger charge is 2.09. The Kier molecular flexibility index (Phi) is 3.57. The first-order chi connectivity index (χ1) is 8.10. The predicted molar refractivity (Wildman–Crippen MR) is 70.7 cm³/mol. The minimum Gasteiger partial charge on any atom is -0.272 e. The average molecular weight is 295 g/mol. The quantitative estimate of drug-likeness (QED) is 0.816. The number of hydrogen-bond acceptors (Lipinski definition) is 3. The van der Waals surface area contributed by atoms with Crippen molar-refractivity contribution in [2.45, 2.75) is 33.2 Å². The summed E-state index contributed by atoms with van der Waals surface area (Å²) >= 11 is 3.42. The highest BCUT2D eigenvalue weighted by Crippen LogP contribution is 2.22. The lowest BCUT2D eigenvalue weighted by Gasteiger charge is -2.06. The molecule has 0 aliphatic carbocycles. The van der Waals surface area contributed by atoms with Gasteiger partial charge in [-0.3, -0.25) is 4.68 Å². The van der Waals surface area contributed by atoms with Gasteiger partial charge in [-0.1, -0.05) is 13.8 Å². The first-order valence-electron chi connectivity index (χ1n) is 5.67. The van der Waals surface area contributed by atoms with Crippen LogP contribution in [0.15, 0.2) is 23.1 Å². The third-order valence-electron chi connectivity index (χ3n) is 2.48. The summed E-state index contributed by atoms with van der Waals surface area (Å²) in [6, 6.07) is 1.92. The van der Waals surface area contributed by atoms with Gasteiger partial charge in [-0.05, 0) is 28.9 Å². The molecule has 0 fully saturated rings. The lowest BCUT2D eigenvalue weighted by atomic mass is 10.2. The van der Waals surface area contributed by atoms with Crippen LogP contribution in [-0.2, 0) is 6.54 Å². The van der Waals surface area contributed by atoms with Gasteiger partial charge in [0.25, 0.3) is 0 Å². The first-order valence-corrected chi connectivity index (χ1v) is 6.46. The molecule has 4 nitrogen and oxygen atoms in total. The Labute approximate surface area is 109 Å². The molecule has 5 heteroatoms. The molecule has 0 radical (unpaired) electrons. The molecule has 0 bridgehead atoms. The number of nitrogens with zero attached hydrogens (tertiary/aromatic N) is 4. The molecule has 17 heavy (non-hydrogen) atoms. The van der Waals surface area contributed by atoms with Crippen molar-refractivity contribution in [2.24, 2.45) is 0 Å². The Morgan fingerprint density at radius 1 is 1.35 bits per heavy atom. The first kappa shape index (κ1) is 12.2. The zero-order chi connectivity index (χ0) is 12.4. The predicted octanol–water partition coefficient (Wildman–Crippen LogP) is 3.25. The van der Waals surface area contributed by atoms with Crippen molar-refractivity contribution in [1.29, 1.82) is 0 Å². The highest BCUT2D eigenvalue weighted by atomic mass is 79.9. The van der Waals surface area contributed by atoms with E-state index in [1.165, 1.54) is 0 Å². The lowest BCUT2D eigenvalue weighted by molar-refractivity contribution is 0.660. The topological polar surface area (TPSA) is 43.6 Å². The highest BCUT2D eigenvalue weighted by molar-refractivity contribution is 9.10. The molecular formula is C12H15BrN4. The maximum atomic E-state index is 4.56. The molecule has 0 unspecified atom stereocenters. The van der Waals surface area contributed by atoms with Gasteiger partial charge in [0.2, 0.25) is 0 Å². The van der Waals surface area contributed by atoms with E-state index in [2.05, 4.69) is 51.8 Å². The molecule has 0 atom stereocenters. The van der Waals surface area contributed by atoms with Crippen LogP contribution < -0.4 is 0 Å². The van der Waals surface area contributed by atoms with Crippen LogP contribution in [0.2, 0.25) is 0 Å². The van der Waals surface area contributed by atoms with E-state index in [0.29, 0.717) is 5.92 Å². The molecule has 0 aromatic carbocycles. The van der Waals surface area contributed by atoms with E-state index in [9.17, 15) is 0 Å². The minimum absolute atomic E-state index is 0.312. The Hall–Kier alpha value is -1.23. The SMILES string of the molecule is CCn1cc(-c2cc(Br)nc(C(C)C)n2)cn1. The van der Waals surface area contributed by atoms with Gasteiger partial charge in [0, 0.05) is 24.2 Å². The largest absolute Gasteiger partial charge is 0.272 e. The van der Waals surface area contributed by atoms with Crippen molar-refractivity contribution < 1.29 is 0 Å². The molecule has 0 amide bonds. The van der Waals surface area contributed by atoms with E-state index in [1.807, 2.05) is 23.1 Å². The van der Waals surface area contributed by atoms with Crippen LogP contribution in [0.5, 0.6) is 0 Å². The maximum Gasteiger partial charge on any atom is 0.132 e. The van der Waals surface area contributed by atoms with Gasteiger partial charge in [0.15, 0.2) is 0 Å². The monoisotopic (exact) mass is 294 g/mol. The summed E-state index contributed by atoms with van der Waals surface area (Å²) in [5.41, 5.74) is 1.94. The molecule has 0 aliphatic heterocycles. The second kappa shape index (κ2) is 4.96. The van der Waals surface area contributed by atoms with Gasteiger partial charge in [-0.15, -0.1) is 0 Å². The average Bonchev–Trinajstić information content (AvgIpc) is 2.76. The molecular weight excluding hydrogens is 280 g/mol. The van der Waals surface area contributed by atoms with E-state index in [0.717, 1.165) is 28.2 Å². The van der Waals surface area contributed by atoms with Crippen molar-refractivity contribution >= 4 is 15.9 Å². The van der Waals surface area contributed by atoms with Crippen molar-refractivity contribution in [2.75, 3.05) is 0 Å². The summed E-state index contributed by atoms with van der Waals surface area (Å²) in [6.45, 7) is 7.09. The number of rotatable bonds is 3. The summed E-state index contributed by atoms with van der Waals surface area (Å²) in [5, 5.41) is 4.26. The fourth-order valence-electron chi connectivity index (χ4n) is 1.51. The summed E-state index contributed by atoms with van der Waals surface area (Å²) in [7, 11) is 0. The van der Waals surface area contributed by atoms with E-state index in [-0.39, 0.29) is 0 Å². The molecule has 0 saturated carbocycles. The molecule has 90 valence electrons. The fraction of sp³-hybridized carbons (Fsp3) is 0.417. The third kappa shape index (κ3) is 2.72. The van der Waals surface area contributed by atoms with Gasteiger partial charge >= 0.3 is 0 Å². The van der Waals surface area contributed by atoms with E-state index >= 15 is 0 Å². The van der Waals surface area contributed by atoms with Crippen LogP contribution in [0.3, 0.4) is 0 Å². The van der Waals surface area contributed by atoms with Gasteiger partial charge in [0.1, 0.15) is 10.4 Å². The fourth-order valence-corrected chi connectivity index (χ4v) is 1.91. The zero-order valence-electron chi connectivity index (χ0n) is 10.2. The summed E-state index contributed by atoms with van der Waals surface area (Å²) < 4.78 is 2.70. The second-order valence-corrected chi connectivity index (χ2v) is 4.99. The van der Waals surface area contributed by atoms with Gasteiger partial charge < -0.3 is 0 Å². The van der Waals surface area contributed by atoms with Crippen LogP contribution in [0, 0.1) is 0 Å². The Balaban J connectivity index is 2.44. The van der Waals surface area contributed by atoms with Crippen molar-refractivity contribution in [3.8, 4) is 11.3 Å². The minimum atomic E-state index is 0.312. The Bertz CT molecular complexity index is 519. The number of aryl methyl sites for hydroxylation is 1. The smallest absolute Gasteiger partial charge is 0.132 e. The molecule has 0 spiro atoms. The van der Waals surface area contributed by atoms with Gasteiger partial charge in [-0.2, -0.15) is 5.10 Å². The number of aromatic nitrogens is 4. The summed E-state index contributed by atoms with van der Waals surface area (Å²) in [6.07, 6.45) is 3.83. The third-order valence-corrected chi connectivity index (χ3v) is 2.89. The standard InChI is InChI=1S/C12H15BrN4/c1-4-17-7-9(6-14-17)10-5-11(13)16-12(15-10)8(2)3/h5-8H,4H2,1-3H3. The molecule has 2 heterocycles. The molecule has 2 aromatic heterocycles. The van der Waals surface area contributed by atoms with Gasteiger partial charge in [-0.25, -0.2) is 9.97 Å². The number of hydrogen-bond donors (Lipinski definition) is 0. The lowest BCUT2D eigenvalue weighted by Crippen LogP contribution is -1.99. The van der Waals surface area contributed by atoms with Crippen molar-refractivity contribution in [1.82, 2.24) is 19.7 Å². The van der Waals surface area contributed by atoms with Crippen molar-refractivity contribution in [3.05, 3.63) is 28.9 Å². The summed E-state index contributed by atoms with van der Waals surface area (Å²) in [5.74, 6) is 1.16. The molecule has 0 aliphatic rings. The Morgan fingerprint density at radius 2 is 2.12 bits per heavy atom. The van der Waals surface area contributed by atoms with E-state index in [1.54, 1.807) is 0 Å². The normalized spacial score (nSPS) is 11.1. The van der Waals surface area contributed by atoms with Crippen LogP contribution in [0.1, 0.15) is 32.5 Å². The summed E-state index contributed by atoms with van der Waals surface area (Å²) in [4.78, 5) is 8.92. The maximum absolute atomic E-state index is 4.56. The van der Waals surface area contributed by atoms with Gasteiger partial charge in [0.05, 0.1) is 11.9 Å². The van der Waals surface area contributed by atoms with Crippen LogP contribution in [0.4, 0.5) is 0 Å². The molecule has 0 N–H and O–H groups in total. The van der Waals surface area contributed by atoms with Crippen LogP contribution >= 0.6 is 15.9 Å². The Morgan fingerprint density at radius 3 is 2.71 bits per heavy atom. The molecule has 2 aromatic rings. The van der Waals surface area contributed by atoms with Crippen LogP contribution in [0.25, 0.3) is 11.3 Å².